The summed E-state index contributed by atoms with van der Waals surface area (Å²) in [4.78, 5) is 28.2. The molecular weight excluding hydrogens is 676 g/mol. The largest absolute Gasteiger partial charge is 0.478 e. The molecule has 9 atom stereocenters. The SMILES string of the molecule is C=C(C)C1CCC2(C(=O)NCCN3CCS(=O)(=O)CC3)CCC3(C)C(CCC4C5(C)CC=C(c6ccc(C(=O)O)cc6F)C(C)(C)C5CCC43C)C12. The van der Waals surface area contributed by atoms with Crippen LogP contribution in [0.15, 0.2) is 36.4 Å². The first-order valence-electron chi connectivity index (χ1n) is 19.9. The minimum absolute atomic E-state index is 0.0270. The number of aromatic carboxylic acids is 1. The summed E-state index contributed by atoms with van der Waals surface area (Å²) in [5.74, 6) is 0.890. The maximum atomic E-state index is 15.5. The number of nitrogens with zero attached hydrogens (tertiary/aromatic N) is 1. The van der Waals surface area contributed by atoms with Gasteiger partial charge < -0.3 is 10.4 Å². The molecule has 7 nitrogen and oxygen atoms in total. The van der Waals surface area contributed by atoms with Crippen LogP contribution in [0.4, 0.5) is 4.39 Å². The van der Waals surface area contributed by atoms with Crippen LogP contribution in [0, 0.1) is 62.5 Å². The van der Waals surface area contributed by atoms with Gasteiger partial charge >= 0.3 is 5.97 Å². The van der Waals surface area contributed by atoms with Crippen LogP contribution in [0.25, 0.3) is 5.57 Å². The number of carboxylic acids is 1. The number of carboxylic acid groups (broad SMARTS) is 1. The first-order valence-corrected chi connectivity index (χ1v) is 21.7. The Hall–Kier alpha value is -2.52. The van der Waals surface area contributed by atoms with Crippen LogP contribution < -0.4 is 5.32 Å². The normalized spacial score (nSPS) is 40.7. The second-order valence-electron chi connectivity index (χ2n) is 19.1. The predicted molar refractivity (Wildman–Crippen MR) is 204 cm³/mol. The molecule has 9 unspecified atom stereocenters. The second-order valence-corrected chi connectivity index (χ2v) is 21.4. The van der Waals surface area contributed by atoms with E-state index in [0.29, 0.717) is 55.4 Å². The summed E-state index contributed by atoms with van der Waals surface area (Å²) in [5.41, 5.74) is 2.23. The summed E-state index contributed by atoms with van der Waals surface area (Å²) < 4.78 is 39.4. The van der Waals surface area contributed by atoms with E-state index in [-0.39, 0.29) is 50.6 Å². The van der Waals surface area contributed by atoms with Crippen LogP contribution in [0.3, 0.4) is 0 Å². The zero-order valence-electron chi connectivity index (χ0n) is 32.3. The van der Waals surface area contributed by atoms with Gasteiger partial charge in [0.2, 0.25) is 5.91 Å². The molecule has 9 heteroatoms. The van der Waals surface area contributed by atoms with Crippen molar-refractivity contribution < 1.29 is 27.5 Å². The summed E-state index contributed by atoms with van der Waals surface area (Å²) in [7, 11) is -2.94. The third-order valence-electron chi connectivity index (χ3n) is 16.8. The average molecular weight is 737 g/mol. The maximum absolute atomic E-state index is 15.5. The van der Waals surface area contributed by atoms with Crippen LogP contribution in [-0.4, -0.2) is 68.0 Å². The maximum Gasteiger partial charge on any atom is 0.335 e. The van der Waals surface area contributed by atoms with Crippen LogP contribution in [0.1, 0.15) is 115 Å². The fourth-order valence-electron chi connectivity index (χ4n) is 13.9. The first kappa shape index (κ1) is 37.8. The minimum atomic E-state index is -2.94. The number of amides is 1. The van der Waals surface area contributed by atoms with Crippen molar-refractivity contribution >= 4 is 27.3 Å². The van der Waals surface area contributed by atoms with E-state index in [1.54, 1.807) is 6.07 Å². The number of hydrogen-bond acceptors (Lipinski definition) is 5. The number of rotatable bonds is 7. The van der Waals surface area contributed by atoms with Gasteiger partial charge in [-0.25, -0.2) is 17.6 Å². The molecule has 1 aromatic carbocycles. The van der Waals surface area contributed by atoms with Crippen molar-refractivity contribution in [3.05, 3.63) is 53.4 Å². The van der Waals surface area contributed by atoms with E-state index < -0.39 is 27.0 Å². The van der Waals surface area contributed by atoms with Gasteiger partial charge in [0.25, 0.3) is 0 Å². The number of allylic oxidation sites excluding steroid dienone is 3. The Morgan fingerprint density at radius 3 is 2.33 bits per heavy atom. The van der Waals surface area contributed by atoms with Gasteiger partial charge in [0.05, 0.1) is 22.5 Å². The topological polar surface area (TPSA) is 104 Å². The van der Waals surface area contributed by atoms with Crippen molar-refractivity contribution in [2.24, 2.45) is 56.7 Å². The van der Waals surface area contributed by atoms with Gasteiger partial charge in [-0.2, -0.15) is 0 Å². The Bertz CT molecular complexity index is 1790. The lowest BCUT2D eigenvalue weighted by molar-refractivity contribution is -0.225. The highest BCUT2D eigenvalue weighted by Crippen LogP contribution is 2.77. The van der Waals surface area contributed by atoms with Gasteiger partial charge in [-0.3, -0.25) is 9.69 Å². The average Bonchev–Trinajstić information content (AvgIpc) is 3.47. The number of sulfone groups is 1. The lowest BCUT2D eigenvalue weighted by Gasteiger charge is -2.72. The van der Waals surface area contributed by atoms with Gasteiger partial charge in [-0.05, 0) is 134 Å². The number of benzene rings is 1. The number of carbonyl (C=O) groups is 2. The number of hydrogen-bond donors (Lipinski definition) is 2. The van der Waals surface area contributed by atoms with E-state index in [1.807, 2.05) is 0 Å². The molecular formula is C43H61FN2O5S. The summed E-state index contributed by atoms with van der Waals surface area (Å²) >= 11 is 0. The van der Waals surface area contributed by atoms with E-state index in [1.165, 1.54) is 11.6 Å². The monoisotopic (exact) mass is 736 g/mol. The zero-order chi connectivity index (χ0) is 37.6. The van der Waals surface area contributed by atoms with E-state index in [2.05, 4.69) is 64.4 Å². The standard InChI is InChI=1S/C43H61FN2O5S/c1-27(2)29-12-17-43(38(49)45-20-21-46-22-24-52(50,51)25-23-46)19-18-41(6)32(36(29)43)10-11-35-40(5)15-13-31(30-9-8-28(37(47)48)26-33(30)44)39(3,4)34(40)14-16-42(35,41)7/h8-9,13,26,29,32,34-36H,1,10-12,14-25H2,2-7H3,(H,45,49)(H,47,48). The van der Waals surface area contributed by atoms with E-state index in [4.69, 9.17) is 0 Å². The molecule has 286 valence electrons. The Morgan fingerprint density at radius 1 is 0.962 bits per heavy atom. The third kappa shape index (κ3) is 5.59. The summed E-state index contributed by atoms with van der Waals surface area (Å²) in [6.07, 6.45) is 11.4. The van der Waals surface area contributed by atoms with Crippen molar-refractivity contribution in [1.29, 1.82) is 0 Å². The Balaban J connectivity index is 1.15. The minimum Gasteiger partial charge on any atom is -0.478 e. The highest BCUT2D eigenvalue weighted by molar-refractivity contribution is 7.91. The molecule has 1 aliphatic heterocycles. The summed E-state index contributed by atoms with van der Waals surface area (Å²) in [6.45, 7) is 21.2. The number of carbonyl (C=O) groups excluding carboxylic acids is 1. The smallest absolute Gasteiger partial charge is 0.335 e. The van der Waals surface area contributed by atoms with Crippen LogP contribution in [0.2, 0.25) is 0 Å². The fourth-order valence-corrected chi connectivity index (χ4v) is 15.2. The lowest BCUT2D eigenvalue weighted by atomic mass is 9.32. The fraction of sp³-hybridized carbons (Fsp3) is 0.721. The molecule has 4 saturated carbocycles. The molecule has 0 radical (unpaired) electrons. The molecule has 1 aromatic rings. The van der Waals surface area contributed by atoms with Crippen LogP contribution in [0.5, 0.6) is 0 Å². The molecule has 1 amide bonds. The lowest BCUT2D eigenvalue weighted by Crippen LogP contribution is -2.66. The summed E-state index contributed by atoms with van der Waals surface area (Å²) in [6, 6.07) is 4.36. The number of halogens is 1. The van der Waals surface area contributed by atoms with Gasteiger partial charge in [0, 0.05) is 31.7 Å². The molecule has 5 aliphatic carbocycles. The molecule has 0 spiro atoms. The quantitative estimate of drug-likeness (QED) is 0.275. The molecule has 1 saturated heterocycles. The molecule has 0 bridgehead atoms. The van der Waals surface area contributed by atoms with Gasteiger partial charge in [0.15, 0.2) is 9.84 Å². The number of fused-ring (bicyclic) bond motifs is 7. The summed E-state index contributed by atoms with van der Waals surface area (Å²) in [5, 5.41) is 12.8. The number of nitrogens with one attached hydrogen (secondary N) is 1. The van der Waals surface area contributed by atoms with Crippen molar-refractivity contribution in [2.75, 3.05) is 37.7 Å². The molecule has 7 rings (SSSR count). The molecule has 5 fully saturated rings. The molecule has 2 N–H and O–H groups in total. The highest BCUT2D eigenvalue weighted by Gasteiger charge is 2.71. The second kappa shape index (κ2) is 12.8. The molecule has 6 aliphatic rings. The Morgan fingerprint density at radius 2 is 1.67 bits per heavy atom. The third-order valence-corrected chi connectivity index (χ3v) is 18.4. The first-order chi connectivity index (χ1) is 24.3. The van der Waals surface area contributed by atoms with Gasteiger partial charge in [-0.1, -0.05) is 58.9 Å². The van der Waals surface area contributed by atoms with Gasteiger partial charge in [0.1, 0.15) is 5.82 Å². The Labute approximate surface area is 311 Å². The van der Waals surface area contributed by atoms with E-state index in [0.717, 1.165) is 69.4 Å². The van der Waals surface area contributed by atoms with E-state index in [9.17, 15) is 23.1 Å². The van der Waals surface area contributed by atoms with Crippen molar-refractivity contribution in [1.82, 2.24) is 10.2 Å². The molecule has 1 heterocycles. The molecule has 52 heavy (non-hydrogen) atoms. The van der Waals surface area contributed by atoms with Crippen molar-refractivity contribution in [2.45, 2.75) is 99.3 Å². The zero-order valence-corrected chi connectivity index (χ0v) is 33.1. The van der Waals surface area contributed by atoms with Crippen LogP contribution >= 0.6 is 0 Å². The van der Waals surface area contributed by atoms with Crippen molar-refractivity contribution in [3.63, 3.8) is 0 Å². The Kier molecular flexibility index (Phi) is 9.28. The highest BCUT2D eigenvalue weighted by atomic mass is 32.2. The van der Waals surface area contributed by atoms with E-state index >= 15 is 4.39 Å². The van der Waals surface area contributed by atoms with Crippen LogP contribution in [-0.2, 0) is 14.6 Å². The van der Waals surface area contributed by atoms with Gasteiger partial charge in [-0.15, -0.1) is 0 Å². The predicted octanol–water partition coefficient (Wildman–Crippen LogP) is 8.02. The van der Waals surface area contributed by atoms with Crippen molar-refractivity contribution in [3.8, 4) is 0 Å². The molecule has 0 aromatic heterocycles.